The number of carbonyl (C=O) groups excluding carboxylic acids is 2. The predicted octanol–water partition coefficient (Wildman–Crippen LogP) is 0.769. The molecule has 2 N–H and O–H groups in total. The van der Waals surface area contributed by atoms with Gasteiger partial charge in [0.2, 0.25) is 11.8 Å². The first kappa shape index (κ1) is 28.2. The van der Waals surface area contributed by atoms with Crippen molar-refractivity contribution >= 4 is 33.7 Å². The van der Waals surface area contributed by atoms with E-state index in [0.29, 0.717) is 39.1 Å². The number of fused-ring (bicyclic) bond motifs is 1. The topological polar surface area (TPSA) is 120 Å². The van der Waals surface area contributed by atoms with Crippen molar-refractivity contribution < 1.29 is 34.1 Å². The molecule has 4 aliphatic rings. The van der Waals surface area contributed by atoms with Gasteiger partial charge in [-0.2, -0.15) is 0 Å². The third-order valence-corrected chi connectivity index (χ3v) is 9.46. The Morgan fingerprint density at radius 2 is 1.97 bits per heavy atom. The van der Waals surface area contributed by atoms with Gasteiger partial charge in [-0.05, 0) is 18.4 Å². The third kappa shape index (κ3) is 5.04. The van der Waals surface area contributed by atoms with Crippen LogP contribution in [0.15, 0.2) is 43.0 Å². The standard InChI is InChI=1S/C28H36BrN3O7/c1-2-8-31(10-9-30-11-13-38-14-12-30)26(35)24-28-16-20(29)23(39-28)21(27(36)37)22(28)25(34)32(24)19(17-33)15-18-6-4-3-5-7-18/h2-7,19-24,33H,1,8-17H2,(H,36,37)/t19-,20?,21+,22+,23+,24?,28?/m1/s1. The molecule has 4 fully saturated rings. The number of aliphatic hydroxyl groups excluding tert-OH is 1. The van der Waals surface area contributed by atoms with E-state index in [-0.39, 0.29) is 23.9 Å². The van der Waals surface area contributed by atoms with Crippen LogP contribution in [-0.4, -0.2) is 124 Å². The van der Waals surface area contributed by atoms with Crippen molar-refractivity contribution in [2.24, 2.45) is 11.8 Å². The highest BCUT2D eigenvalue weighted by Gasteiger charge is 2.77. The monoisotopic (exact) mass is 605 g/mol. The Morgan fingerprint density at radius 3 is 2.62 bits per heavy atom. The molecule has 10 nitrogen and oxygen atoms in total. The van der Waals surface area contributed by atoms with Crippen LogP contribution in [-0.2, 0) is 30.3 Å². The highest BCUT2D eigenvalue weighted by Crippen LogP contribution is 2.60. The van der Waals surface area contributed by atoms with E-state index in [1.54, 1.807) is 11.0 Å². The average Bonchev–Trinajstić information content (AvgIpc) is 3.54. The number of aliphatic carboxylic acids is 1. The molecular formula is C28H36BrN3O7. The van der Waals surface area contributed by atoms with Crippen LogP contribution in [0.3, 0.4) is 0 Å². The van der Waals surface area contributed by atoms with Crippen LogP contribution in [0.2, 0.25) is 0 Å². The smallest absolute Gasteiger partial charge is 0.310 e. The summed E-state index contributed by atoms with van der Waals surface area (Å²) in [6.45, 7) is 7.61. The van der Waals surface area contributed by atoms with E-state index >= 15 is 0 Å². The number of nitrogens with zero attached hydrogens (tertiary/aromatic N) is 3. The second-order valence-electron chi connectivity index (χ2n) is 10.8. The number of ether oxygens (including phenoxy) is 2. The molecule has 0 aliphatic carbocycles. The zero-order valence-electron chi connectivity index (χ0n) is 21.9. The molecule has 39 heavy (non-hydrogen) atoms. The first-order valence-electron chi connectivity index (χ1n) is 13.5. The van der Waals surface area contributed by atoms with Crippen molar-refractivity contribution in [2.75, 3.05) is 52.5 Å². The van der Waals surface area contributed by atoms with Crippen LogP contribution in [0.4, 0.5) is 0 Å². The molecule has 2 bridgehead atoms. The molecule has 4 saturated heterocycles. The average molecular weight is 607 g/mol. The van der Waals surface area contributed by atoms with Crippen molar-refractivity contribution in [1.82, 2.24) is 14.7 Å². The Hall–Kier alpha value is -2.31. The van der Waals surface area contributed by atoms with Crippen molar-refractivity contribution in [2.45, 2.75) is 41.5 Å². The minimum atomic E-state index is -1.29. The Bertz CT molecular complexity index is 1080. The summed E-state index contributed by atoms with van der Waals surface area (Å²) >= 11 is 3.58. The first-order chi connectivity index (χ1) is 18.8. The number of rotatable bonds is 11. The molecule has 7 atom stereocenters. The minimum Gasteiger partial charge on any atom is -0.481 e. The lowest BCUT2D eigenvalue weighted by Crippen LogP contribution is -2.60. The maximum Gasteiger partial charge on any atom is 0.310 e. The summed E-state index contributed by atoms with van der Waals surface area (Å²) in [7, 11) is 0. The van der Waals surface area contributed by atoms with Gasteiger partial charge in [0.15, 0.2) is 0 Å². The number of amides is 2. The maximum atomic E-state index is 14.5. The lowest BCUT2D eigenvalue weighted by Gasteiger charge is -2.40. The number of carboxylic acid groups (broad SMARTS) is 1. The lowest BCUT2D eigenvalue weighted by atomic mass is 9.70. The molecule has 4 aliphatic heterocycles. The molecule has 11 heteroatoms. The third-order valence-electron chi connectivity index (χ3n) is 8.62. The van der Waals surface area contributed by atoms with Gasteiger partial charge in [0.25, 0.3) is 0 Å². The zero-order chi connectivity index (χ0) is 27.7. The summed E-state index contributed by atoms with van der Waals surface area (Å²) in [4.78, 5) is 46.0. The van der Waals surface area contributed by atoms with E-state index in [1.807, 2.05) is 30.3 Å². The summed E-state index contributed by atoms with van der Waals surface area (Å²) < 4.78 is 11.8. The van der Waals surface area contributed by atoms with E-state index in [0.717, 1.165) is 18.7 Å². The number of aliphatic hydroxyl groups is 1. The van der Waals surface area contributed by atoms with E-state index in [1.165, 1.54) is 4.90 Å². The van der Waals surface area contributed by atoms with Gasteiger partial charge in [-0.1, -0.05) is 52.3 Å². The van der Waals surface area contributed by atoms with Gasteiger partial charge < -0.3 is 29.5 Å². The molecule has 4 heterocycles. The number of alkyl halides is 1. The summed E-state index contributed by atoms with van der Waals surface area (Å²) in [6.07, 6.45) is 1.60. The molecular weight excluding hydrogens is 570 g/mol. The fourth-order valence-electron chi connectivity index (χ4n) is 6.87. The summed E-state index contributed by atoms with van der Waals surface area (Å²) in [5, 5.41) is 20.7. The fourth-order valence-corrected chi connectivity index (χ4v) is 7.81. The van der Waals surface area contributed by atoms with Crippen molar-refractivity contribution in [3.63, 3.8) is 0 Å². The summed E-state index contributed by atoms with van der Waals surface area (Å²) in [6, 6.07) is 7.67. The van der Waals surface area contributed by atoms with Gasteiger partial charge in [0.05, 0.1) is 43.8 Å². The number of carbonyl (C=O) groups is 3. The van der Waals surface area contributed by atoms with Gasteiger partial charge in [-0.25, -0.2) is 0 Å². The first-order valence-corrected chi connectivity index (χ1v) is 14.5. The lowest BCUT2D eigenvalue weighted by molar-refractivity contribution is -0.153. The van der Waals surface area contributed by atoms with Crippen LogP contribution < -0.4 is 0 Å². The molecule has 1 spiro atoms. The quantitative estimate of drug-likeness (QED) is 0.280. The molecule has 5 rings (SSSR count). The normalized spacial score (nSPS) is 32.7. The van der Waals surface area contributed by atoms with Crippen LogP contribution >= 0.6 is 15.9 Å². The summed E-state index contributed by atoms with van der Waals surface area (Å²) in [5.41, 5.74) is -0.391. The Labute approximate surface area is 236 Å². The number of morpholine rings is 1. The van der Waals surface area contributed by atoms with Gasteiger partial charge in [0, 0.05) is 37.6 Å². The van der Waals surface area contributed by atoms with Crippen molar-refractivity contribution in [3.8, 4) is 0 Å². The Morgan fingerprint density at radius 1 is 1.26 bits per heavy atom. The van der Waals surface area contributed by atoms with Crippen LogP contribution in [0, 0.1) is 11.8 Å². The zero-order valence-corrected chi connectivity index (χ0v) is 23.4. The summed E-state index contributed by atoms with van der Waals surface area (Å²) in [5.74, 6) is -3.94. The highest BCUT2D eigenvalue weighted by molar-refractivity contribution is 9.09. The van der Waals surface area contributed by atoms with E-state index in [2.05, 4.69) is 27.4 Å². The molecule has 0 saturated carbocycles. The number of hydrogen-bond donors (Lipinski definition) is 2. The molecule has 3 unspecified atom stereocenters. The van der Waals surface area contributed by atoms with Gasteiger partial charge >= 0.3 is 5.97 Å². The molecule has 0 radical (unpaired) electrons. The Kier molecular flexibility index (Phi) is 8.44. The van der Waals surface area contributed by atoms with E-state index < -0.39 is 47.5 Å². The number of carboxylic acids is 1. The number of benzene rings is 1. The number of likely N-dealkylation sites (tertiary alicyclic amines) is 1. The number of hydrogen-bond acceptors (Lipinski definition) is 7. The van der Waals surface area contributed by atoms with Gasteiger partial charge in [0.1, 0.15) is 11.6 Å². The highest BCUT2D eigenvalue weighted by atomic mass is 79.9. The Balaban J connectivity index is 1.51. The van der Waals surface area contributed by atoms with E-state index in [9.17, 15) is 24.6 Å². The van der Waals surface area contributed by atoms with Crippen LogP contribution in [0.1, 0.15) is 12.0 Å². The van der Waals surface area contributed by atoms with Crippen LogP contribution in [0.25, 0.3) is 0 Å². The maximum absolute atomic E-state index is 14.5. The molecule has 2 amide bonds. The molecule has 1 aromatic rings. The number of halogens is 1. The van der Waals surface area contributed by atoms with E-state index in [4.69, 9.17) is 9.47 Å². The van der Waals surface area contributed by atoms with Crippen molar-refractivity contribution in [1.29, 1.82) is 0 Å². The molecule has 1 aromatic carbocycles. The molecule has 212 valence electrons. The largest absolute Gasteiger partial charge is 0.481 e. The minimum absolute atomic E-state index is 0.272. The molecule has 0 aromatic heterocycles. The fraction of sp³-hybridized carbons (Fsp3) is 0.607. The van der Waals surface area contributed by atoms with Crippen molar-refractivity contribution in [3.05, 3.63) is 48.6 Å². The predicted molar refractivity (Wildman–Crippen MR) is 145 cm³/mol. The SMILES string of the molecule is C=CCN(CCN1CCOCC1)C(=O)C1N([C@@H](CO)Cc2ccccc2)C(=O)[C@@H]2[C@H](C(=O)O)[C@H]3OC12CC3Br. The second-order valence-corrected chi connectivity index (χ2v) is 12.0. The van der Waals surface area contributed by atoms with Gasteiger partial charge in [-0.15, -0.1) is 6.58 Å². The van der Waals surface area contributed by atoms with Crippen LogP contribution in [0.5, 0.6) is 0 Å². The van der Waals surface area contributed by atoms with Gasteiger partial charge in [-0.3, -0.25) is 19.3 Å². The second kappa shape index (κ2) is 11.7.